The molecule has 7 heteroatoms. The van der Waals surface area contributed by atoms with Gasteiger partial charge in [-0.15, -0.1) is 0 Å². The second-order valence-electron chi connectivity index (χ2n) is 7.24. The molecule has 5 rings (SSSR count). The fourth-order valence-electron chi connectivity index (χ4n) is 3.93. The Morgan fingerprint density at radius 2 is 1.84 bits per heavy atom. The molecule has 0 saturated carbocycles. The normalized spacial score (nSPS) is 12.8. The summed E-state index contributed by atoms with van der Waals surface area (Å²) in [5.74, 6) is -0.511. The number of carbonyl (C=O) groups is 1. The molecule has 0 atom stereocenters. The summed E-state index contributed by atoms with van der Waals surface area (Å²) in [6, 6.07) is 18.1. The Morgan fingerprint density at radius 1 is 1.13 bits per heavy atom. The molecule has 154 valence electrons. The van der Waals surface area contributed by atoms with Gasteiger partial charge in [0, 0.05) is 18.7 Å². The number of aromatic nitrogens is 2. The van der Waals surface area contributed by atoms with Crippen LogP contribution in [-0.4, -0.2) is 29.2 Å². The van der Waals surface area contributed by atoms with E-state index in [4.69, 9.17) is 9.15 Å². The number of hydrogen-bond donors (Lipinski definition) is 2. The van der Waals surface area contributed by atoms with Crippen molar-refractivity contribution >= 4 is 23.4 Å². The fraction of sp³-hybridized carbons (Fsp3) is 0.125. The SMILES string of the molecule is O=C(NCC=Cc1cnc2[nH]c(=O)oc2c1)OCC1c2ccccc2-c2ccccc21. The first-order valence-corrected chi connectivity index (χ1v) is 9.93. The van der Waals surface area contributed by atoms with Crippen LogP contribution in [0.25, 0.3) is 28.4 Å². The molecule has 0 aliphatic heterocycles. The highest BCUT2D eigenvalue weighted by molar-refractivity contribution is 5.79. The Labute approximate surface area is 177 Å². The van der Waals surface area contributed by atoms with Crippen molar-refractivity contribution in [2.24, 2.45) is 0 Å². The molecule has 2 aromatic heterocycles. The number of nitrogens with zero attached hydrogens (tertiary/aromatic N) is 1. The van der Waals surface area contributed by atoms with Crippen molar-refractivity contribution in [3.05, 3.63) is 94.1 Å². The molecule has 4 aromatic rings. The van der Waals surface area contributed by atoms with Gasteiger partial charge in [0.15, 0.2) is 11.2 Å². The highest BCUT2D eigenvalue weighted by Crippen LogP contribution is 2.44. The van der Waals surface area contributed by atoms with Crippen molar-refractivity contribution < 1.29 is 13.9 Å². The zero-order valence-corrected chi connectivity index (χ0v) is 16.5. The van der Waals surface area contributed by atoms with Crippen molar-refractivity contribution in [2.45, 2.75) is 5.92 Å². The predicted molar refractivity (Wildman–Crippen MR) is 117 cm³/mol. The van der Waals surface area contributed by atoms with Crippen LogP contribution in [0, 0.1) is 0 Å². The number of rotatable bonds is 5. The minimum atomic E-state index is -0.541. The highest BCUT2D eigenvalue weighted by atomic mass is 16.5. The van der Waals surface area contributed by atoms with Crippen LogP contribution in [-0.2, 0) is 4.74 Å². The summed E-state index contributed by atoms with van der Waals surface area (Å²) in [5.41, 5.74) is 6.28. The number of fused-ring (bicyclic) bond motifs is 4. The van der Waals surface area contributed by atoms with E-state index in [2.05, 4.69) is 39.6 Å². The van der Waals surface area contributed by atoms with Gasteiger partial charge in [-0.1, -0.05) is 60.7 Å². The Kier molecular flexibility index (Phi) is 4.84. The molecule has 0 unspecified atom stereocenters. The average molecular weight is 413 g/mol. The van der Waals surface area contributed by atoms with E-state index in [-0.39, 0.29) is 12.5 Å². The third-order valence-corrected chi connectivity index (χ3v) is 5.32. The number of carbonyl (C=O) groups excluding carboxylic acids is 1. The number of pyridine rings is 1. The van der Waals surface area contributed by atoms with Crippen molar-refractivity contribution in [1.29, 1.82) is 0 Å². The Morgan fingerprint density at radius 3 is 2.58 bits per heavy atom. The number of aromatic amines is 1. The van der Waals surface area contributed by atoms with Crippen LogP contribution in [0.2, 0.25) is 0 Å². The quantitative estimate of drug-likeness (QED) is 0.514. The maximum absolute atomic E-state index is 12.2. The van der Waals surface area contributed by atoms with E-state index in [1.54, 1.807) is 24.4 Å². The van der Waals surface area contributed by atoms with Crippen molar-refractivity contribution in [3.8, 4) is 11.1 Å². The maximum Gasteiger partial charge on any atom is 0.418 e. The lowest BCUT2D eigenvalue weighted by molar-refractivity contribution is 0.144. The fourth-order valence-corrected chi connectivity index (χ4v) is 3.93. The molecule has 0 saturated heterocycles. The first kappa shape index (κ1) is 18.9. The standard InChI is InChI=1S/C24H19N3O4/c28-23(25-11-5-6-15-12-21-22(26-13-15)27-24(29)31-21)30-14-20-18-9-3-1-7-16(18)17-8-2-4-10-19(17)20/h1-10,12-13,20H,11,14H2,(H,25,28)(H,26,27,29). The van der Waals surface area contributed by atoms with Gasteiger partial charge < -0.3 is 14.5 Å². The smallest absolute Gasteiger partial charge is 0.418 e. The first-order chi connectivity index (χ1) is 15.2. The van der Waals surface area contributed by atoms with Crippen molar-refractivity contribution in [1.82, 2.24) is 15.3 Å². The molecular formula is C24H19N3O4. The molecule has 0 bridgehead atoms. The molecule has 0 fully saturated rings. The van der Waals surface area contributed by atoms with Crippen LogP contribution in [0.3, 0.4) is 0 Å². The molecule has 7 nitrogen and oxygen atoms in total. The van der Waals surface area contributed by atoms with E-state index in [1.807, 2.05) is 24.3 Å². The van der Waals surface area contributed by atoms with Gasteiger partial charge in [0.2, 0.25) is 0 Å². The number of ether oxygens (including phenoxy) is 1. The summed E-state index contributed by atoms with van der Waals surface area (Å²) >= 11 is 0. The molecule has 2 heterocycles. The van der Waals surface area contributed by atoms with Gasteiger partial charge in [-0.25, -0.2) is 14.6 Å². The molecule has 31 heavy (non-hydrogen) atoms. The van der Waals surface area contributed by atoms with E-state index < -0.39 is 11.8 Å². The third kappa shape index (κ3) is 3.73. The molecule has 0 radical (unpaired) electrons. The zero-order chi connectivity index (χ0) is 21.2. The van der Waals surface area contributed by atoms with Crippen LogP contribution >= 0.6 is 0 Å². The summed E-state index contributed by atoms with van der Waals surface area (Å²) in [7, 11) is 0. The Bertz CT molecular complexity index is 1310. The molecule has 2 aromatic carbocycles. The first-order valence-electron chi connectivity index (χ1n) is 9.93. The summed E-state index contributed by atoms with van der Waals surface area (Å²) < 4.78 is 10.5. The molecule has 0 spiro atoms. The number of hydrogen-bond acceptors (Lipinski definition) is 5. The highest BCUT2D eigenvalue weighted by Gasteiger charge is 2.28. The van der Waals surface area contributed by atoms with Gasteiger partial charge in [-0.05, 0) is 33.9 Å². The van der Waals surface area contributed by atoms with Crippen LogP contribution < -0.4 is 11.1 Å². The van der Waals surface area contributed by atoms with Crippen molar-refractivity contribution in [3.63, 3.8) is 0 Å². The summed E-state index contributed by atoms with van der Waals surface area (Å²) in [4.78, 5) is 30.0. The number of alkyl carbamates (subject to hydrolysis) is 1. The van der Waals surface area contributed by atoms with E-state index in [9.17, 15) is 9.59 Å². The second kappa shape index (κ2) is 7.95. The zero-order valence-electron chi connectivity index (χ0n) is 16.5. The van der Waals surface area contributed by atoms with Crippen LogP contribution in [0.5, 0.6) is 0 Å². The van der Waals surface area contributed by atoms with Gasteiger partial charge >= 0.3 is 11.8 Å². The average Bonchev–Trinajstić information content (AvgIpc) is 3.32. The Balaban J connectivity index is 1.18. The topological polar surface area (TPSA) is 97.2 Å². The summed E-state index contributed by atoms with van der Waals surface area (Å²) in [6.45, 7) is 0.572. The number of amides is 1. The molecule has 1 aliphatic rings. The second-order valence-corrected chi connectivity index (χ2v) is 7.24. The largest absolute Gasteiger partial charge is 0.449 e. The maximum atomic E-state index is 12.2. The van der Waals surface area contributed by atoms with E-state index >= 15 is 0 Å². The molecule has 1 aliphatic carbocycles. The Hall–Kier alpha value is -4.13. The monoisotopic (exact) mass is 413 g/mol. The number of H-pyrrole nitrogens is 1. The lowest BCUT2D eigenvalue weighted by Gasteiger charge is -2.14. The van der Waals surface area contributed by atoms with Crippen LogP contribution in [0.4, 0.5) is 4.79 Å². The van der Waals surface area contributed by atoms with E-state index in [0.717, 1.165) is 5.56 Å². The molecule has 2 N–H and O–H groups in total. The third-order valence-electron chi connectivity index (χ3n) is 5.32. The number of benzene rings is 2. The summed E-state index contributed by atoms with van der Waals surface area (Å²) in [6.07, 6.45) is 4.69. The molecule has 1 amide bonds. The minimum absolute atomic E-state index is 0.0301. The lowest BCUT2D eigenvalue weighted by atomic mass is 9.98. The van der Waals surface area contributed by atoms with Gasteiger partial charge in [0.25, 0.3) is 0 Å². The summed E-state index contributed by atoms with van der Waals surface area (Å²) in [5, 5.41) is 2.72. The van der Waals surface area contributed by atoms with Gasteiger partial charge in [0.1, 0.15) is 6.61 Å². The molecular weight excluding hydrogens is 394 g/mol. The van der Waals surface area contributed by atoms with Crippen LogP contribution in [0.1, 0.15) is 22.6 Å². The van der Waals surface area contributed by atoms with E-state index in [1.165, 1.54) is 22.3 Å². The van der Waals surface area contributed by atoms with Crippen molar-refractivity contribution in [2.75, 3.05) is 13.2 Å². The van der Waals surface area contributed by atoms with Gasteiger partial charge in [-0.3, -0.25) is 4.98 Å². The number of nitrogens with one attached hydrogen (secondary N) is 2. The number of oxazole rings is 1. The van der Waals surface area contributed by atoms with Crippen LogP contribution in [0.15, 0.2) is 76.1 Å². The predicted octanol–water partition coefficient (Wildman–Crippen LogP) is 4.07. The lowest BCUT2D eigenvalue weighted by Crippen LogP contribution is -2.26. The van der Waals surface area contributed by atoms with Gasteiger partial charge in [0.05, 0.1) is 0 Å². The van der Waals surface area contributed by atoms with E-state index in [0.29, 0.717) is 17.8 Å². The minimum Gasteiger partial charge on any atom is -0.449 e. The van der Waals surface area contributed by atoms with Gasteiger partial charge in [-0.2, -0.15) is 0 Å².